The van der Waals surface area contributed by atoms with Gasteiger partial charge in [0.25, 0.3) is 0 Å². The standard InChI is InChI=1S/C12H13BrClNO2/c13-10-2-1-8(5-11(10)14)6-12(16)15-9-3-4-17-7-9/h1-2,5,9H,3-4,6-7H2,(H,15,16). The highest BCUT2D eigenvalue weighted by atomic mass is 79.9. The summed E-state index contributed by atoms with van der Waals surface area (Å²) < 4.78 is 6.04. The normalized spacial score (nSPS) is 19.3. The number of benzene rings is 1. The fourth-order valence-corrected chi connectivity index (χ4v) is 2.21. The Hall–Kier alpha value is -0.580. The van der Waals surface area contributed by atoms with E-state index in [-0.39, 0.29) is 11.9 Å². The summed E-state index contributed by atoms with van der Waals surface area (Å²) in [7, 11) is 0. The maximum Gasteiger partial charge on any atom is 0.224 e. The summed E-state index contributed by atoms with van der Waals surface area (Å²) in [6.45, 7) is 1.35. The van der Waals surface area contributed by atoms with E-state index >= 15 is 0 Å². The molecule has 1 atom stereocenters. The Bertz CT molecular complexity index is 419. The lowest BCUT2D eigenvalue weighted by Crippen LogP contribution is -2.36. The molecule has 0 saturated carbocycles. The summed E-state index contributed by atoms with van der Waals surface area (Å²) in [4.78, 5) is 11.7. The summed E-state index contributed by atoms with van der Waals surface area (Å²) in [5.41, 5.74) is 0.912. The molecule has 0 aliphatic carbocycles. The van der Waals surface area contributed by atoms with Crippen molar-refractivity contribution in [3.8, 4) is 0 Å². The van der Waals surface area contributed by atoms with Crippen LogP contribution in [0.25, 0.3) is 0 Å². The van der Waals surface area contributed by atoms with Crippen LogP contribution >= 0.6 is 27.5 Å². The van der Waals surface area contributed by atoms with Gasteiger partial charge in [-0.05, 0) is 40.0 Å². The molecule has 0 bridgehead atoms. The maximum atomic E-state index is 11.7. The molecule has 1 aliphatic heterocycles. The zero-order valence-electron chi connectivity index (χ0n) is 9.21. The van der Waals surface area contributed by atoms with Crippen molar-refractivity contribution >= 4 is 33.4 Å². The van der Waals surface area contributed by atoms with Crippen molar-refractivity contribution in [1.82, 2.24) is 5.32 Å². The van der Waals surface area contributed by atoms with Crippen molar-refractivity contribution < 1.29 is 9.53 Å². The molecule has 17 heavy (non-hydrogen) atoms. The van der Waals surface area contributed by atoms with Gasteiger partial charge in [-0.2, -0.15) is 0 Å². The smallest absolute Gasteiger partial charge is 0.224 e. The van der Waals surface area contributed by atoms with Crippen LogP contribution in [0.15, 0.2) is 22.7 Å². The molecule has 0 spiro atoms. The van der Waals surface area contributed by atoms with E-state index in [1.54, 1.807) is 6.07 Å². The first-order chi connectivity index (χ1) is 8.15. The van der Waals surface area contributed by atoms with E-state index in [1.807, 2.05) is 12.1 Å². The molecule has 0 radical (unpaired) electrons. The Morgan fingerprint density at radius 1 is 1.59 bits per heavy atom. The Morgan fingerprint density at radius 3 is 3.06 bits per heavy atom. The summed E-state index contributed by atoms with van der Waals surface area (Å²) in [5.74, 6) is 0.0129. The average Bonchev–Trinajstić information content (AvgIpc) is 2.76. The van der Waals surface area contributed by atoms with Crippen LogP contribution in [0.3, 0.4) is 0 Å². The van der Waals surface area contributed by atoms with E-state index in [9.17, 15) is 4.79 Å². The molecule has 0 aromatic heterocycles. The van der Waals surface area contributed by atoms with Crippen molar-refractivity contribution in [2.24, 2.45) is 0 Å². The van der Waals surface area contributed by atoms with Gasteiger partial charge in [0.05, 0.1) is 24.1 Å². The summed E-state index contributed by atoms with van der Waals surface area (Å²) >= 11 is 9.29. The molecule has 1 aromatic carbocycles. The van der Waals surface area contributed by atoms with Crippen molar-refractivity contribution in [1.29, 1.82) is 0 Å². The zero-order valence-corrected chi connectivity index (χ0v) is 11.6. The molecular weight excluding hydrogens is 305 g/mol. The molecule has 1 heterocycles. The predicted molar refractivity (Wildman–Crippen MR) is 70.2 cm³/mol. The van der Waals surface area contributed by atoms with Crippen molar-refractivity contribution in [3.05, 3.63) is 33.3 Å². The van der Waals surface area contributed by atoms with E-state index in [0.29, 0.717) is 18.1 Å². The molecule has 1 aliphatic rings. The minimum absolute atomic E-state index is 0.0129. The first-order valence-corrected chi connectivity index (χ1v) is 6.63. The number of ether oxygens (including phenoxy) is 1. The van der Waals surface area contributed by atoms with Crippen LogP contribution in [-0.4, -0.2) is 25.2 Å². The lowest BCUT2D eigenvalue weighted by Gasteiger charge is -2.10. The Labute approximate surface area is 114 Å². The molecule has 1 fully saturated rings. The number of carbonyl (C=O) groups is 1. The topological polar surface area (TPSA) is 38.3 Å². The Kier molecular flexibility index (Phi) is 4.42. The molecule has 5 heteroatoms. The maximum absolute atomic E-state index is 11.7. The number of halogens is 2. The molecule has 1 unspecified atom stereocenters. The highest BCUT2D eigenvalue weighted by Gasteiger charge is 2.17. The van der Waals surface area contributed by atoms with Gasteiger partial charge >= 0.3 is 0 Å². The van der Waals surface area contributed by atoms with Gasteiger partial charge in [0.15, 0.2) is 0 Å². The van der Waals surface area contributed by atoms with Crippen LogP contribution in [0, 0.1) is 0 Å². The molecule has 92 valence electrons. The number of hydrogen-bond acceptors (Lipinski definition) is 2. The third-order valence-electron chi connectivity index (χ3n) is 2.64. The van der Waals surface area contributed by atoms with Gasteiger partial charge in [-0.25, -0.2) is 0 Å². The third kappa shape index (κ3) is 3.69. The summed E-state index contributed by atoms with van der Waals surface area (Å²) in [5, 5.41) is 3.57. The summed E-state index contributed by atoms with van der Waals surface area (Å²) in [6.07, 6.45) is 1.25. The SMILES string of the molecule is O=C(Cc1ccc(Br)c(Cl)c1)NC1CCOC1. The minimum atomic E-state index is 0.0129. The number of carbonyl (C=O) groups excluding carboxylic acids is 1. The van der Waals surface area contributed by atoms with E-state index in [0.717, 1.165) is 23.1 Å². The van der Waals surface area contributed by atoms with Crippen LogP contribution < -0.4 is 5.32 Å². The van der Waals surface area contributed by atoms with Gasteiger partial charge in [0, 0.05) is 11.1 Å². The average molecular weight is 319 g/mol. The fourth-order valence-electron chi connectivity index (χ4n) is 1.76. The first kappa shape index (κ1) is 12.9. The predicted octanol–water partition coefficient (Wildman–Crippen LogP) is 2.55. The third-order valence-corrected chi connectivity index (χ3v) is 3.88. The fraction of sp³-hybridized carbons (Fsp3) is 0.417. The van der Waals surface area contributed by atoms with E-state index < -0.39 is 0 Å². The highest BCUT2D eigenvalue weighted by molar-refractivity contribution is 9.10. The van der Waals surface area contributed by atoms with Crippen LogP contribution in [0.1, 0.15) is 12.0 Å². The molecule has 3 nitrogen and oxygen atoms in total. The van der Waals surface area contributed by atoms with E-state index in [2.05, 4.69) is 21.2 Å². The van der Waals surface area contributed by atoms with Crippen molar-refractivity contribution in [2.75, 3.05) is 13.2 Å². The van der Waals surface area contributed by atoms with Gasteiger partial charge in [0.2, 0.25) is 5.91 Å². The Balaban J connectivity index is 1.90. The lowest BCUT2D eigenvalue weighted by molar-refractivity contribution is -0.121. The second-order valence-electron chi connectivity index (χ2n) is 4.05. The lowest BCUT2D eigenvalue weighted by atomic mass is 10.1. The first-order valence-electron chi connectivity index (χ1n) is 5.46. The van der Waals surface area contributed by atoms with Crippen LogP contribution in [0.2, 0.25) is 5.02 Å². The second kappa shape index (κ2) is 5.85. The number of hydrogen-bond donors (Lipinski definition) is 1. The van der Waals surface area contributed by atoms with E-state index in [1.165, 1.54) is 0 Å². The largest absolute Gasteiger partial charge is 0.379 e. The minimum Gasteiger partial charge on any atom is -0.379 e. The highest BCUT2D eigenvalue weighted by Crippen LogP contribution is 2.23. The molecule has 1 N–H and O–H groups in total. The van der Waals surface area contributed by atoms with Crippen LogP contribution in [0.4, 0.5) is 0 Å². The molecule has 1 saturated heterocycles. The molecule has 2 rings (SSSR count). The molecule has 1 amide bonds. The second-order valence-corrected chi connectivity index (χ2v) is 5.31. The molecule has 1 aromatic rings. The number of amides is 1. The van der Waals surface area contributed by atoms with Crippen LogP contribution in [-0.2, 0) is 16.0 Å². The van der Waals surface area contributed by atoms with Crippen LogP contribution in [0.5, 0.6) is 0 Å². The zero-order chi connectivity index (χ0) is 12.3. The van der Waals surface area contributed by atoms with Gasteiger partial charge in [-0.1, -0.05) is 17.7 Å². The van der Waals surface area contributed by atoms with Gasteiger partial charge in [-0.3, -0.25) is 4.79 Å². The van der Waals surface area contributed by atoms with Gasteiger partial charge in [0.1, 0.15) is 0 Å². The van der Waals surface area contributed by atoms with Gasteiger partial charge < -0.3 is 10.1 Å². The summed E-state index contributed by atoms with van der Waals surface area (Å²) in [6, 6.07) is 5.70. The quantitative estimate of drug-likeness (QED) is 0.930. The monoisotopic (exact) mass is 317 g/mol. The number of nitrogens with one attached hydrogen (secondary N) is 1. The van der Waals surface area contributed by atoms with Gasteiger partial charge in [-0.15, -0.1) is 0 Å². The van der Waals surface area contributed by atoms with E-state index in [4.69, 9.17) is 16.3 Å². The van der Waals surface area contributed by atoms with Crippen molar-refractivity contribution in [3.63, 3.8) is 0 Å². The number of rotatable bonds is 3. The molecular formula is C12H13BrClNO2. The van der Waals surface area contributed by atoms with Crippen molar-refractivity contribution in [2.45, 2.75) is 18.9 Å². The Morgan fingerprint density at radius 2 is 2.41 bits per heavy atom.